The molecule has 0 aromatic carbocycles. The molecule has 3 heterocycles. The molecular weight excluding hydrogens is 432 g/mol. The van der Waals surface area contributed by atoms with Crippen LogP contribution in [0.5, 0.6) is 0 Å². The fraction of sp³-hybridized carbons (Fsp3) is 0.682. The highest BCUT2D eigenvalue weighted by molar-refractivity contribution is 7.90. The van der Waals surface area contributed by atoms with E-state index in [0.717, 1.165) is 12.8 Å². The number of ether oxygens (including phenoxy) is 1. The van der Waals surface area contributed by atoms with Crippen molar-refractivity contribution in [2.45, 2.75) is 59.1 Å². The number of amidine groups is 1. The molecule has 1 unspecified atom stereocenters. The summed E-state index contributed by atoms with van der Waals surface area (Å²) < 4.78 is 32.7. The molecule has 0 radical (unpaired) electrons. The summed E-state index contributed by atoms with van der Waals surface area (Å²) in [5, 5.41) is 0. The third-order valence-electron chi connectivity index (χ3n) is 5.58. The Labute approximate surface area is 190 Å². The summed E-state index contributed by atoms with van der Waals surface area (Å²) in [6.45, 7) is 11.5. The van der Waals surface area contributed by atoms with Crippen LogP contribution in [0.1, 0.15) is 47.5 Å². The van der Waals surface area contributed by atoms with Crippen LogP contribution in [0, 0.1) is 5.92 Å². The van der Waals surface area contributed by atoms with E-state index in [1.807, 2.05) is 39.5 Å². The molecule has 32 heavy (non-hydrogen) atoms. The first-order valence-electron chi connectivity index (χ1n) is 11.1. The highest BCUT2D eigenvalue weighted by Gasteiger charge is 2.32. The Hall–Kier alpha value is -2.36. The number of rotatable bonds is 4. The number of nitrogens with zero attached hydrogens (tertiary/aromatic N) is 4. The lowest BCUT2D eigenvalue weighted by atomic mass is 9.96. The van der Waals surface area contributed by atoms with Crippen LogP contribution in [-0.4, -0.2) is 84.5 Å². The first-order chi connectivity index (χ1) is 14.8. The summed E-state index contributed by atoms with van der Waals surface area (Å²) in [7, 11) is -3.43. The van der Waals surface area contributed by atoms with Crippen molar-refractivity contribution in [3.63, 3.8) is 0 Å². The Morgan fingerprint density at radius 3 is 2.62 bits per heavy atom. The van der Waals surface area contributed by atoms with Crippen molar-refractivity contribution >= 4 is 27.9 Å². The van der Waals surface area contributed by atoms with Gasteiger partial charge in [-0.25, -0.2) is 13.2 Å². The van der Waals surface area contributed by atoms with Gasteiger partial charge in [0, 0.05) is 38.4 Å². The van der Waals surface area contributed by atoms with Gasteiger partial charge in [0.15, 0.2) is 0 Å². The maximum atomic E-state index is 13.2. The Balaban J connectivity index is 1.65. The molecule has 1 saturated heterocycles. The van der Waals surface area contributed by atoms with Crippen LogP contribution in [0.2, 0.25) is 0 Å². The van der Waals surface area contributed by atoms with Crippen molar-refractivity contribution in [3.8, 4) is 0 Å². The Kier molecular flexibility index (Phi) is 7.02. The van der Waals surface area contributed by atoms with E-state index in [4.69, 9.17) is 4.74 Å². The summed E-state index contributed by atoms with van der Waals surface area (Å²) in [6.07, 6.45) is 6.35. The van der Waals surface area contributed by atoms with Crippen molar-refractivity contribution in [1.29, 1.82) is 0 Å². The fourth-order valence-corrected chi connectivity index (χ4v) is 4.97. The first kappa shape index (κ1) is 24.3. The van der Waals surface area contributed by atoms with Crippen molar-refractivity contribution in [2.24, 2.45) is 10.3 Å². The fourth-order valence-electron chi connectivity index (χ4n) is 4.00. The maximum Gasteiger partial charge on any atom is 0.410 e. The van der Waals surface area contributed by atoms with Crippen molar-refractivity contribution in [1.82, 2.24) is 14.7 Å². The van der Waals surface area contributed by atoms with E-state index < -0.39 is 15.6 Å². The van der Waals surface area contributed by atoms with Gasteiger partial charge in [-0.3, -0.25) is 4.79 Å². The summed E-state index contributed by atoms with van der Waals surface area (Å²) >= 11 is 0. The van der Waals surface area contributed by atoms with Crippen LogP contribution in [0.3, 0.4) is 0 Å². The third kappa shape index (κ3) is 6.11. The lowest BCUT2D eigenvalue weighted by Gasteiger charge is -2.38. The number of carbonyl (C=O) groups is 2. The molecule has 0 aromatic heterocycles. The first-order valence-corrected chi connectivity index (χ1v) is 12.7. The van der Waals surface area contributed by atoms with Crippen LogP contribution < -0.4 is 0 Å². The topological polar surface area (TPSA) is 99.6 Å². The average Bonchev–Trinajstić information content (AvgIpc) is 2.69. The molecule has 1 atom stereocenters. The second-order valence-electron chi connectivity index (χ2n) is 9.83. The molecule has 3 rings (SSSR count). The molecule has 2 amide bonds. The summed E-state index contributed by atoms with van der Waals surface area (Å²) in [6, 6.07) is -0.00648. The molecule has 0 spiro atoms. The van der Waals surface area contributed by atoms with Crippen LogP contribution >= 0.6 is 0 Å². The van der Waals surface area contributed by atoms with Gasteiger partial charge in [-0.2, -0.15) is 0 Å². The van der Waals surface area contributed by atoms with Gasteiger partial charge >= 0.3 is 6.09 Å². The largest absolute Gasteiger partial charge is 0.444 e. The lowest BCUT2D eigenvalue weighted by Crippen LogP contribution is -2.48. The van der Waals surface area contributed by atoms with Crippen molar-refractivity contribution in [3.05, 3.63) is 23.9 Å². The van der Waals surface area contributed by atoms with E-state index in [0.29, 0.717) is 31.0 Å². The molecule has 1 fully saturated rings. The second kappa shape index (κ2) is 9.25. The van der Waals surface area contributed by atoms with E-state index in [9.17, 15) is 18.0 Å². The quantitative estimate of drug-likeness (QED) is 0.631. The average molecular weight is 467 g/mol. The van der Waals surface area contributed by atoms with Crippen LogP contribution in [0.25, 0.3) is 0 Å². The number of piperidine rings is 1. The van der Waals surface area contributed by atoms with Gasteiger partial charge in [0.25, 0.3) is 15.9 Å². The zero-order chi connectivity index (χ0) is 23.7. The van der Waals surface area contributed by atoms with Gasteiger partial charge in [-0.15, -0.1) is 4.40 Å². The zero-order valence-corrected chi connectivity index (χ0v) is 20.4. The molecule has 0 aromatic rings. The van der Waals surface area contributed by atoms with Gasteiger partial charge in [-0.05, 0) is 65.5 Å². The number of likely N-dealkylation sites (tertiary alicyclic amines) is 1. The predicted octanol–water partition coefficient (Wildman–Crippen LogP) is 2.37. The summed E-state index contributed by atoms with van der Waals surface area (Å²) in [5.74, 6) is 0.346. The number of hydrogen-bond acceptors (Lipinski definition) is 6. The molecule has 0 bridgehead atoms. The van der Waals surface area contributed by atoms with Crippen LogP contribution in [0.4, 0.5) is 4.79 Å². The minimum Gasteiger partial charge on any atom is -0.444 e. The monoisotopic (exact) mass is 466 g/mol. The van der Waals surface area contributed by atoms with Crippen LogP contribution in [0.15, 0.2) is 28.3 Å². The van der Waals surface area contributed by atoms with E-state index in [1.54, 1.807) is 28.2 Å². The van der Waals surface area contributed by atoms with E-state index in [2.05, 4.69) is 4.40 Å². The zero-order valence-electron chi connectivity index (χ0n) is 19.6. The minimum atomic E-state index is -3.43. The van der Waals surface area contributed by atoms with Crippen molar-refractivity contribution < 1.29 is 22.7 Å². The molecular formula is C22H34N4O5S. The molecule has 9 nitrogen and oxygen atoms in total. The van der Waals surface area contributed by atoms with Gasteiger partial charge in [0.2, 0.25) is 0 Å². The van der Waals surface area contributed by atoms with Gasteiger partial charge < -0.3 is 19.4 Å². The van der Waals surface area contributed by atoms with E-state index >= 15 is 0 Å². The Morgan fingerprint density at radius 2 is 1.97 bits per heavy atom. The maximum absolute atomic E-state index is 13.2. The van der Waals surface area contributed by atoms with Crippen molar-refractivity contribution in [2.75, 3.05) is 31.9 Å². The third-order valence-corrected chi connectivity index (χ3v) is 6.75. The van der Waals surface area contributed by atoms with E-state index in [1.165, 1.54) is 0 Å². The number of hydrogen-bond donors (Lipinski definition) is 0. The van der Waals surface area contributed by atoms with Gasteiger partial charge in [-0.1, -0.05) is 0 Å². The second-order valence-corrected chi connectivity index (χ2v) is 11.6. The van der Waals surface area contributed by atoms with Gasteiger partial charge in [0.1, 0.15) is 11.4 Å². The molecule has 0 N–H and O–H groups in total. The van der Waals surface area contributed by atoms with Crippen LogP contribution in [-0.2, 0) is 19.6 Å². The van der Waals surface area contributed by atoms with Gasteiger partial charge in [0.05, 0.1) is 11.3 Å². The SMILES string of the molecule is CC(C)N(CC1CCCN(C(=O)C2=CN3CCS(=O)(=O)N=C3C=C2)C1)C(=O)OC(C)(C)C. The highest BCUT2D eigenvalue weighted by atomic mass is 32.2. The molecule has 3 aliphatic heterocycles. The Morgan fingerprint density at radius 1 is 1.25 bits per heavy atom. The normalized spacial score (nSPS) is 22.8. The smallest absolute Gasteiger partial charge is 0.410 e. The summed E-state index contributed by atoms with van der Waals surface area (Å²) in [5.41, 5.74) is -0.0501. The number of sulfonamides is 1. The molecule has 0 saturated carbocycles. The Bertz CT molecular complexity index is 946. The molecule has 178 valence electrons. The minimum absolute atomic E-state index is 0.00648. The van der Waals surface area contributed by atoms with E-state index in [-0.39, 0.29) is 36.3 Å². The molecule has 10 heteroatoms. The molecule has 3 aliphatic rings. The molecule has 0 aliphatic carbocycles. The lowest BCUT2D eigenvalue weighted by molar-refractivity contribution is -0.128. The summed E-state index contributed by atoms with van der Waals surface area (Å²) in [4.78, 5) is 31.1. The standard InChI is InChI=1S/C22H34N4O5S/c1-16(2)26(21(28)31-22(3,4)5)14-17-7-6-10-25(13-17)20(27)18-8-9-19-23-32(29,30)12-11-24(19)15-18/h8-9,15-17H,6-7,10-14H2,1-5H3. The number of carbonyl (C=O) groups excluding carboxylic acids is 2. The highest BCUT2D eigenvalue weighted by Crippen LogP contribution is 2.24. The number of fused-ring (bicyclic) bond motifs is 1. The number of amides is 2. The predicted molar refractivity (Wildman–Crippen MR) is 123 cm³/mol.